The summed E-state index contributed by atoms with van der Waals surface area (Å²) in [5.41, 5.74) is 2.56. The van der Waals surface area contributed by atoms with Crippen LogP contribution in [0.15, 0.2) is 54.9 Å². The summed E-state index contributed by atoms with van der Waals surface area (Å²) >= 11 is 0. The Balaban J connectivity index is 1.38. The number of amides is 2. The lowest BCUT2D eigenvalue weighted by Gasteiger charge is -2.35. The molecule has 0 atom stereocenters. The first-order valence-corrected chi connectivity index (χ1v) is 9.58. The highest BCUT2D eigenvalue weighted by Crippen LogP contribution is 2.16. The van der Waals surface area contributed by atoms with E-state index in [1.807, 2.05) is 25.3 Å². The van der Waals surface area contributed by atoms with Gasteiger partial charge < -0.3 is 9.80 Å². The van der Waals surface area contributed by atoms with E-state index in [0.29, 0.717) is 31.7 Å². The molecule has 0 N–H and O–H groups in total. The first kappa shape index (κ1) is 19.8. The van der Waals surface area contributed by atoms with Gasteiger partial charge in [0.1, 0.15) is 0 Å². The molecular weight excluding hydrogens is 390 g/mol. The average Bonchev–Trinajstić information content (AvgIpc) is 3.21. The van der Waals surface area contributed by atoms with Crippen LogP contribution in [0.25, 0.3) is 5.69 Å². The Morgan fingerprint density at radius 3 is 1.93 bits per heavy atom. The number of aryl methyl sites for hydroxylation is 1. The Kier molecular flexibility index (Phi) is 5.31. The third-order valence-electron chi connectivity index (χ3n) is 5.11. The van der Waals surface area contributed by atoms with Crippen LogP contribution in [-0.4, -0.2) is 57.6 Å². The van der Waals surface area contributed by atoms with Crippen molar-refractivity contribution >= 4 is 11.8 Å². The van der Waals surface area contributed by atoms with Crippen molar-refractivity contribution in [3.05, 3.63) is 83.2 Å². The van der Waals surface area contributed by atoms with Crippen molar-refractivity contribution in [1.82, 2.24) is 19.6 Å². The first-order valence-electron chi connectivity index (χ1n) is 9.58. The van der Waals surface area contributed by atoms with Crippen LogP contribution >= 0.6 is 0 Å². The van der Waals surface area contributed by atoms with Gasteiger partial charge in [-0.1, -0.05) is 0 Å². The highest BCUT2D eigenvalue weighted by molar-refractivity contribution is 5.96. The Hall–Kier alpha value is -3.55. The average molecular weight is 410 g/mol. The normalized spacial score (nSPS) is 14.1. The Morgan fingerprint density at radius 1 is 0.833 bits per heavy atom. The maximum Gasteiger partial charge on any atom is 0.254 e. The molecule has 4 rings (SSSR count). The smallest absolute Gasteiger partial charge is 0.254 e. The number of carbonyl (C=O) groups excluding carboxylic acids is 2. The number of hydrogen-bond donors (Lipinski definition) is 0. The second-order valence-corrected chi connectivity index (χ2v) is 7.22. The molecule has 0 saturated carbocycles. The van der Waals surface area contributed by atoms with Crippen molar-refractivity contribution in [3.8, 4) is 5.69 Å². The van der Waals surface area contributed by atoms with Gasteiger partial charge in [-0.25, -0.2) is 13.5 Å². The molecule has 2 amide bonds. The Bertz CT molecular complexity index is 1090. The minimum absolute atomic E-state index is 0.0955. The molecule has 2 heterocycles. The number of hydrogen-bond acceptors (Lipinski definition) is 3. The number of carbonyl (C=O) groups is 2. The summed E-state index contributed by atoms with van der Waals surface area (Å²) < 4.78 is 28.2. The van der Waals surface area contributed by atoms with Gasteiger partial charge in [-0.15, -0.1) is 0 Å². The van der Waals surface area contributed by atoms with Gasteiger partial charge in [0.2, 0.25) is 0 Å². The summed E-state index contributed by atoms with van der Waals surface area (Å²) in [7, 11) is 0. The number of piperazine rings is 1. The molecule has 1 aliphatic rings. The summed E-state index contributed by atoms with van der Waals surface area (Å²) in [6.45, 7) is 3.35. The second kappa shape index (κ2) is 8.06. The molecule has 30 heavy (non-hydrogen) atoms. The number of nitrogens with zero attached hydrogens (tertiary/aromatic N) is 4. The van der Waals surface area contributed by atoms with Gasteiger partial charge >= 0.3 is 0 Å². The molecule has 154 valence electrons. The SMILES string of the molecule is Cc1cnn(-c2ccc(C(=O)N3CCN(C(=O)c4ccc(F)c(F)c4)CC3)cc2)c1. The van der Waals surface area contributed by atoms with Crippen molar-refractivity contribution in [2.24, 2.45) is 0 Å². The van der Waals surface area contributed by atoms with Gasteiger partial charge in [-0.05, 0) is 55.0 Å². The van der Waals surface area contributed by atoms with Gasteiger partial charge in [-0.3, -0.25) is 9.59 Å². The van der Waals surface area contributed by atoms with E-state index in [2.05, 4.69) is 5.10 Å². The molecule has 2 aromatic carbocycles. The number of benzene rings is 2. The van der Waals surface area contributed by atoms with E-state index in [4.69, 9.17) is 0 Å². The standard InChI is InChI=1S/C22H20F2N4O2/c1-15-13-25-28(14-15)18-5-2-16(3-6-18)21(29)26-8-10-27(11-9-26)22(30)17-4-7-19(23)20(24)12-17/h2-7,12-14H,8-11H2,1H3. The fourth-order valence-corrected chi connectivity index (χ4v) is 3.42. The van der Waals surface area contributed by atoms with Crippen molar-refractivity contribution in [3.63, 3.8) is 0 Å². The van der Waals surface area contributed by atoms with Crippen LogP contribution in [0.3, 0.4) is 0 Å². The van der Waals surface area contributed by atoms with E-state index in [-0.39, 0.29) is 17.4 Å². The molecule has 3 aromatic rings. The molecule has 8 heteroatoms. The van der Waals surface area contributed by atoms with Gasteiger partial charge in [0.25, 0.3) is 11.8 Å². The molecule has 1 aliphatic heterocycles. The predicted octanol–water partition coefficient (Wildman–Crippen LogP) is 3.06. The van der Waals surface area contributed by atoms with Crippen molar-refractivity contribution in [1.29, 1.82) is 0 Å². The van der Waals surface area contributed by atoms with E-state index in [0.717, 1.165) is 23.4 Å². The fourth-order valence-electron chi connectivity index (χ4n) is 3.42. The third-order valence-corrected chi connectivity index (χ3v) is 5.11. The van der Waals surface area contributed by atoms with E-state index in [1.54, 1.807) is 32.8 Å². The van der Waals surface area contributed by atoms with Crippen LogP contribution in [0, 0.1) is 18.6 Å². The van der Waals surface area contributed by atoms with Crippen LogP contribution in [0.1, 0.15) is 26.3 Å². The highest BCUT2D eigenvalue weighted by atomic mass is 19.2. The summed E-state index contributed by atoms with van der Waals surface area (Å²) in [4.78, 5) is 28.5. The topological polar surface area (TPSA) is 58.4 Å². The largest absolute Gasteiger partial charge is 0.335 e. The summed E-state index contributed by atoms with van der Waals surface area (Å²) in [5.74, 6) is -2.53. The predicted molar refractivity (Wildman–Crippen MR) is 106 cm³/mol. The fraction of sp³-hybridized carbons (Fsp3) is 0.227. The molecule has 0 radical (unpaired) electrons. The quantitative estimate of drug-likeness (QED) is 0.667. The first-order chi connectivity index (χ1) is 14.4. The molecule has 1 aromatic heterocycles. The van der Waals surface area contributed by atoms with Crippen LogP contribution in [0.2, 0.25) is 0 Å². The van der Waals surface area contributed by atoms with Gasteiger partial charge in [0, 0.05) is 43.5 Å². The molecule has 1 saturated heterocycles. The maximum absolute atomic E-state index is 13.4. The zero-order valence-corrected chi connectivity index (χ0v) is 16.4. The third kappa shape index (κ3) is 3.94. The molecule has 0 unspecified atom stereocenters. The molecule has 0 aliphatic carbocycles. The molecule has 0 spiro atoms. The minimum Gasteiger partial charge on any atom is -0.335 e. The van der Waals surface area contributed by atoms with E-state index >= 15 is 0 Å². The van der Waals surface area contributed by atoms with Gasteiger partial charge in [0.05, 0.1) is 11.9 Å². The lowest BCUT2D eigenvalue weighted by atomic mass is 10.1. The van der Waals surface area contributed by atoms with Crippen molar-refractivity contribution < 1.29 is 18.4 Å². The molecule has 0 bridgehead atoms. The van der Waals surface area contributed by atoms with Crippen LogP contribution in [0.4, 0.5) is 8.78 Å². The van der Waals surface area contributed by atoms with Crippen molar-refractivity contribution in [2.75, 3.05) is 26.2 Å². The summed E-state index contributed by atoms with van der Waals surface area (Å²) in [6, 6.07) is 10.3. The van der Waals surface area contributed by atoms with E-state index < -0.39 is 11.6 Å². The zero-order chi connectivity index (χ0) is 21.3. The number of rotatable bonds is 3. The number of halogens is 2. The lowest BCUT2D eigenvalue weighted by molar-refractivity contribution is 0.0535. The monoisotopic (exact) mass is 410 g/mol. The zero-order valence-electron chi connectivity index (χ0n) is 16.4. The number of aromatic nitrogens is 2. The van der Waals surface area contributed by atoms with E-state index in [9.17, 15) is 18.4 Å². The van der Waals surface area contributed by atoms with Crippen molar-refractivity contribution in [2.45, 2.75) is 6.92 Å². The van der Waals surface area contributed by atoms with Gasteiger partial charge in [-0.2, -0.15) is 5.10 Å². The van der Waals surface area contributed by atoms with E-state index in [1.165, 1.54) is 6.07 Å². The Labute approximate surface area is 172 Å². The lowest BCUT2D eigenvalue weighted by Crippen LogP contribution is -2.50. The molecule has 1 fully saturated rings. The molecule has 6 nitrogen and oxygen atoms in total. The minimum atomic E-state index is -1.05. The Morgan fingerprint density at radius 2 is 1.40 bits per heavy atom. The summed E-state index contributed by atoms with van der Waals surface area (Å²) in [5, 5.41) is 4.25. The van der Waals surface area contributed by atoms with Crippen LogP contribution in [0.5, 0.6) is 0 Å². The highest BCUT2D eigenvalue weighted by Gasteiger charge is 2.26. The van der Waals surface area contributed by atoms with Crippen LogP contribution in [-0.2, 0) is 0 Å². The van der Waals surface area contributed by atoms with Gasteiger partial charge in [0.15, 0.2) is 11.6 Å². The second-order valence-electron chi connectivity index (χ2n) is 7.22. The van der Waals surface area contributed by atoms with Crippen LogP contribution < -0.4 is 0 Å². The summed E-state index contributed by atoms with van der Waals surface area (Å²) in [6.07, 6.45) is 3.67. The molecular formula is C22H20F2N4O2. The maximum atomic E-state index is 13.4.